The van der Waals surface area contributed by atoms with E-state index in [9.17, 15) is 4.79 Å². The monoisotopic (exact) mass is 532 g/mol. The van der Waals surface area contributed by atoms with Gasteiger partial charge in [0.2, 0.25) is 6.79 Å². The Morgan fingerprint density at radius 1 is 0.949 bits per heavy atom. The van der Waals surface area contributed by atoms with Crippen LogP contribution >= 0.6 is 0 Å². The first-order valence-corrected chi connectivity index (χ1v) is 13.4. The van der Waals surface area contributed by atoms with Gasteiger partial charge in [0.1, 0.15) is 17.2 Å². The number of carbonyl (C=O) groups is 1. The molecule has 0 aliphatic carbocycles. The lowest BCUT2D eigenvalue weighted by Crippen LogP contribution is -2.34. The fraction of sp³-hybridized carbons (Fsp3) is 0.387. The van der Waals surface area contributed by atoms with E-state index in [2.05, 4.69) is 23.2 Å². The number of hydrogen-bond acceptors (Lipinski definition) is 7. The smallest absolute Gasteiger partial charge is 0.258 e. The average Bonchev–Trinajstić information content (AvgIpc) is 3.43. The first-order chi connectivity index (χ1) is 19.0. The fourth-order valence-corrected chi connectivity index (χ4v) is 5.16. The Bertz CT molecular complexity index is 1310. The molecule has 1 N–H and O–H groups in total. The second-order valence-electron chi connectivity index (χ2n) is 10.1. The van der Waals surface area contributed by atoms with Crippen molar-refractivity contribution in [3.63, 3.8) is 0 Å². The minimum absolute atomic E-state index is 0.0781. The van der Waals surface area contributed by atoms with Crippen LogP contribution in [0.1, 0.15) is 30.9 Å². The first-order valence-electron chi connectivity index (χ1n) is 13.4. The number of fused-ring (bicyclic) bond motifs is 1. The summed E-state index contributed by atoms with van der Waals surface area (Å²) in [7, 11) is 3.20. The molecule has 1 unspecified atom stereocenters. The molecule has 0 spiro atoms. The van der Waals surface area contributed by atoms with Gasteiger partial charge in [0, 0.05) is 36.8 Å². The largest absolute Gasteiger partial charge is 0.497 e. The van der Waals surface area contributed by atoms with Crippen molar-refractivity contribution < 1.29 is 28.5 Å². The van der Waals surface area contributed by atoms with Gasteiger partial charge in [-0.3, -0.25) is 9.69 Å². The molecule has 3 aromatic carbocycles. The summed E-state index contributed by atoms with van der Waals surface area (Å²) >= 11 is 0. The summed E-state index contributed by atoms with van der Waals surface area (Å²) in [6.07, 6.45) is 2.45. The van der Waals surface area contributed by atoms with Gasteiger partial charge >= 0.3 is 0 Å². The van der Waals surface area contributed by atoms with Crippen LogP contribution in [0, 0.1) is 5.92 Å². The van der Waals surface area contributed by atoms with Crippen molar-refractivity contribution in [3.8, 4) is 39.9 Å². The molecule has 0 saturated carbocycles. The summed E-state index contributed by atoms with van der Waals surface area (Å²) in [6, 6.07) is 17.7. The van der Waals surface area contributed by atoms with E-state index in [1.807, 2.05) is 42.5 Å². The molecular weight excluding hydrogens is 496 g/mol. The number of piperidine rings is 1. The maximum Gasteiger partial charge on any atom is 0.258 e. The SMILES string of the molecule is COc1ccc(CNC(=O)COc2ccc(-c3ccc4c(c3)OCO4)cc2CN2CCCC(C)C2)c(OC)c1. The van der Waals surface area contributed by atoms with Crippen LogP contribution < -0.4 is 29.0 Å². The third-order valence-electron chi connectivity index (χ3n) is 7.23. The van der Waals surface area contributed by atoms with Crippen molar-refractivity contribution in [1.82, 2.24) is 10.2 Å². The number of rotatable bonds is 10. The van der Waals surface area contributed by atoms with E-state index in [1.54, 1.807) is 20.3 Å². The molecule has 206 valence electrons. The predicted octanol–water partition coefficient (Wildman–Crippen LogP) is 5.03. The average molecular weight is 533 g/mol. The molecule has 3 aromatic rings. The summed E-state index contributed by atoms with van der Waals surface area (Å²) in [6.45, 7) is 5.68. The lowest BCUT2D eigenvalue weighted by Gasteiger charge is -2.31. The van der Waals surface area contributed by atoms with Gasteiger partial charge in [-0.05, 0) is 72.8 Å². The van der Waals surface area contributed by atoms with E-state index in [0.29, 0.717) is 24.0 Å². The molecule has 0 radical (unpaired) electrons. The van der Waals surface area contributed by atoms with Crippen molar-refractivity contribution in [2.45, 2.75) is 32.9 Å². The number of nitrogens with one attached hydrogen (secondary N) is 1. The number of ether oxygens (including phenoxy) is 5. The fourth-order valence-electron chi connectivity index (χ4n) is 5.16. The molecule has 2 aliphatic heterocycles. The van der Waals surface area contributed by atoms with Crippen LogP contribution in [0.4, 0.5) is 0 Å². The summed E-state index contributed by atoms with van der Waals surface area (Å²) in [5.74, 6) is 4.06. The van der Waals surface area contributed by atoms with Gasteiger partial charge in [0.15, 0.2) is 18.1 Å². The molecule has 5 rings (SSSR count). The zero-order chi connectivity index (χ0) is 27.2. The van der Waals surface area contributed by atoms with Crippen molar-refractivity contribution >= 4 is 5.91 Å². The highest BCUT2D eigenvalue weighted by molar-refractivity contribution is 5.77. The van der Waals surface area contributed by atoms with Gasteiger partial charge in [-0.15, -0.1) is 0 Å². The first kappa shape index (κ1) is 26.7. The number of methoxy groups -OCH3 is 2. The van der Waals surface area contributed by atoms with E-state index >= 15 is 0 Å². The Morgan fingerprint density at radius 3 is 2.59 bits per heavy atom. The van der Waals surface area contributed by atoms with E-state index in [-0.39, 0.29) is 19.3 Å². The third kappa shape index (κ3) is 6.57. The molecule has 39 heavy (non-hydrogen) atoms. The number of nitrogens with zero attached hydrogens (tertiary/aromatic N) is 1. The van der Waals surface area contributed by atoms with Crippen molar-refractivity contribution in [2.24, 2.45) is 5.92 Å². The quantitative estimate of drug-likeness (QED) is 0.393. The van der Waals surface area contributed by atoms with Gasteiger partial charge in [0.25, 0.3) is 5.91 Å². The van der Waals surface area contributed by atoms with Gasteiger partial charge in [-0.2, -0.15) is 0 Å². The van der Waals surface area contributed by atoms with Crippen LogP contribution in [-0.4, -0.2) is 51.5 Å². The second-order valence-corrected chi connectivity index (χ2v) is 10.1. The minimum atomic E-state index is -0.203. The molecule has 0 aromatic heterocycles. The summed E-state index contributed by atoms with van der Waals surface area (Å²) in [5, 5.41) is 2.93. The van der Waals surface area contributed by atoms with Crippen LogP contribution in [0.25, 0.3) is 11.1 Å². The summed E-state index contributed by atoms with van der Waals surface area (Å²) in [4.78, 5) is 15.2. The van der Waals surface area contributed by atoms with Crippen LogP contribution in [0.5, 0.6) is 28.7 Å². The molecule has 1 fully saturated rings. The van der Waals surface area contributed by atoms with Crippen LogP contribution in [-0.2, 0) is 17.9 Å². The topological polar surface area (TPSA) is 78.5 Å². The third-order valence-corrected chi connectivity index (χ3v) is 7.23. The number of likely N-dealkylation sites (tertiary alicyclic amines) is 1. The lowest BCUT2D eigenvalue weighted by atomic mass is 9.98. The zero-order valence-corrected chi connectivity index (χ0v) is 22.8. The molecular formula is C31H36N2O6. The highest BCUT2D eigenvalue weighted by atomic mass is 16.7. The number of amides is 1. The van der Waals surface area contributed by atoms with Gasteiger partial charge in [-0.25, -0.2) is 0 Å². The van der Waals surface area contributed by atoms with Crippen molar-refractivity contribution in [2.75, 3.05) is 40.7 Å². The second kappa shape index (κ2) is 12.3. The summed E-state index contributed by atoms with van der Waals surface area (Å²) < 4.78 is 27.8. The Morgan fingerprint density at radius 2 is 1.77 bits per heavy atom. The van der Waals surface area contributed by atoms with Gasteiger partial charge in [0.05, 0.1) is 14.2 Å². The van der Waals surface area contributed by atoms with E-state index in [0.717, 1.165) is 59.1 Å². The number of hydrogen-bond donors (Lipinski definition) is 1. The number of carbonyl (C=O) groups excluding carboxylic acids is 1. The standard InChI is InChI=1S/C31H36N2O6/c1-21-5-4-12-33(17-21)18-25-13-22(23-8-11-28-30(14-23)39-20-38-28)7-10-27(25)37-19-31(34)32-16-24-6-9-26(35-2)15-29(24)36-3/h6-11,13-15,21H,4-5,12,16-20H2,1-3H3,(H,32,34). The Kier molecular flexibility index (Phi) is 8.42. The Labute approximate surface area is 229 Å². The normalized spacial score (nSPS) is 16.5. The highest BCUT2D eigenvalue weighted by Gasteiger charge is 2.20. The Balaban J connectivity index is 1.28. The molecule has 0 bridgehead atoms. The van der Waals surface area contributed by atoms with Crippen molar-refractivity contribution in [1.29, 1.82) is 0 Å². The summed E-state index contributed by atoms with van der Waals surface area (Å²) in [5.41, 5.74) is 4.03. The molecule has 8 heteroatoms. The van der Waals surface area contributed by atoms with Gasteiger partial charge < -0.3 is 29.0 Å². The molecule has 8 nitrogen and oxygen atoms in total. The van der Waals surface area contributed by atoms with E-state index < -0.39 is 0 Å². The Hall–Kier alpha value is -3.91. The molecule has 1 atom stereocenters. The van der Waals surface area contributed by atoms with Crippen LogP contribution in [0.15, 0.2) is 54.6 Å². The maximum atomic E-state index is 12.7. The van der Waals surface area contributed by atoms with Crippen molar-refractivity contribution in [3.05, 3.63) is 65.7 Å². The molecule has 2 aliphatic rings. The lowest BCUT2D eigenvalue weighted by molar-refractivity contribution is -0.123. The molecule has 2 heterocycles. The predicted molar refractivity (Wildman–Crippen MR) is 149 cm³/mol. The maximum absolute atomic E-state index is 12.7. The van der Waals surface area contributed by atoms with Crippen LogP contribution in [0.3, 0.4) is 0 Å². The van der Waals surface area contributed by atoms with E-state index in [1.165, 1.54) is 12.8 Å². The molecule has 1 saturated heterocycles. The van der Waals surface area contributed by atoms with Crippen LogP contribution in [0.2, 0.25) is 0 Å². The minimum Gasteiger partial charge on any atom is -0.497 e. The van der Waals surface area contributed by atoms with Gasteiger partial charge in [-0.1, -0.05) is 19.1 Å². The highest BCUT2D eigenvalue weighted by Crippen LogP contribution is 2.37. The zero-order valence-electron chi connectivity index (χ0n) is 22.8. The number of benzene rings is 3. The molecule has 1 amide bonds. The van der Waals surface area contributed by atoms with E-state index in [4.69, 9.17) is 23.7 Å².